The van der Waals surface area contributed by atoms with Gasteiger partial charge in [-0.25, -0.2) is 0 Å². The first-order chi connectivity index (χ1) is 9.26. The summed E-state index contributed by atoms with van der Waals surface area (Å²) in [5.74, 6) is 1.83. The largest absolute Gasteiger partial charge is 0.383 e. The summed E-state index contributed by atoms with van der Waals surface area (Å²) in [5, 5.41) is 6.45. The Labute approximate surface area is 120 Å². The predicted octanol–water partition coefficient (Wildman–Crippen LogP) is 1.90. The average Bonchev–Trinajstić information content (AvgIpc) is 2.43. The third-order valence-electron chi connectivity index (χ3n) is 2.51. The molecule has 1 rings (SSSR count). The van der Waals surface area contributed by atoms with Crippen LogP contribution in [-0.4, -0.2) is 45.6 Å². The summed E-state index contributed by atoms with van der Waals surface area (Å²) in [4.78, 5) is 5.45. The Morgan fingerprint density at radius 1 is 1.21 bits per heavy atom. The maximum absolute atomic E-state index is 4.98. The van der Waals surface area contributed by atoms with E-state index in [1.54, 1.807) is 14.2 Å². The number of ether oxygens (including phenoxy) is 1. The van der Waals surface area contributed by atoms with Gasteiger partial charge in [-0.2, -0.15) is 0 Å². The topological polar surface area (TPSA) is 45.7 Å². The molecule has 0 saturated heterocycles. The predicted molar refractivity (Wildman–Crippen MR) is 83.1 cm³/mol. The third kappa shape index (κ3) is 7.08. The molecule has 0 fully saturated rings. The van der Waals surface area contributed by atoms with Crippen molar-refractivity contribution in [2.75, 3.05) is 39.6 Å². The Balaban J connectivity index is 2.16. The molecule has 5 heteroatoms. The van der Waals surface area contributed by atoms with Gasteiger partial charge in [0.2, 0.25) is 0 Å². The number of guanidine groups is 1. The van der Waals surface area contributed by atoms with Crippen LogP contribution >= 0.6 is 11.8 Å². The number of rotatable bonds is 7. The summed E-state index contributed by atoms with van der Waals surface area (Å²) in [7, 11) is 3.46. The molecule has 0 bridgehead atoms. The van der Waals surface area contributed by atoms with Crippen LogP contribution in [0.2, 0.25) is 0 Å². The van der Waals surface area contributed by atoms with Gasteiger partial charge in [0.25, 0.3) is 0 Å². The third-order valence-corrected chi connectivity index (χ3v) is 3.52. The molecule has 106 valence electrons. The number of nitrogens with zero attached hydrogens (tertiary/aromatic N) is 1. The van der Waals surface area contributed by atoms with Crippen LogP contribution in [0.3, 0.4) is 0 Å². The lowest BCUT2D eigenvalue weighted by molar-refractivity contribution is 0.203. The van der Waals surface area contributed by atoms with E-state index in [-0.39, 0.29) is 0 Å². The lowest BCUT2D eigenvalue weighted by Crippen LogP contribution is -2.39. The fraction of sp³-hybridized carbons (Fsp3) is 0.500. The number of methoxy groups -OCH3 is 1. The lowest BCUT2D eigenvalue weighted by atomic mass is 10.2. The van der Waals surface area contributed by atoms with Gasteiger partial charge >= 0.3 is 0 Å². The quantitative estimate of drug-likeness (QED) is 0.347. The molecule has 0 aliphatic heterocycles. The number of aryl methyl sites for hydroxylation is 1. The molecule has 0 aliphatic carbocycles. The van der Waals surface area contributed by atoms with Crippen molar-refractivity contribution in [2.24, 2.45) is 4.99 Å². The standard InChI is InChI=1S/C14H23N3OS/c1-12-4-6-13(7-5-12)19-11-9-17-14(15-2)16-8-10-18-3/h4-7H,8-11H2,1-3H3,(H2,15,16,17). The Bertz CT molecular complexity index is 379. The molecule has 0 spiro atoms. The maximum Gasteiger partial charge on any atom is 0.191 e. The molecule has 1 aromatic rings. The van der Waals surface area contributed by atoms with Gasteiger partial charge in [-0.1, -0.05) is 17.7 Å². The Morgan fingerprint density at radius 3 is 2.53 bits per heavy atom. The van der Waals surface area contributed by atoms with E-state index in [2.05, 4.69) is 46.8 Å². The first-order valence-electron chi connectivity index (χ1n) is 6.39. The van der Waals surface area contributed by atoms with Crippen molar-refractivity contribution in [1.82, 2.24) is 10.6 Å². The molecule has 19 heavy (non-hydrogen) atoms. The number of hydrogen-bond donors (Lipinski definition) is 2. The molecule has 0 amide bonds. The molecule has 4 nitrogen and oxygen atoms in total. The zero-order valence-electron chi connectivity index (χ0n) is 11.9. The van der Waals surface area contributed by atoms with Crippen LogP contribution in [0.5, 0.6) is 0 Å². The molecule has 0 aromatic heterocycles. The Morgan fingerprint density at radius 2 is 1.89 bits per heavy atom. The monoisotopic (exact) mass is 281 g/mol. The van der Waals surface area contributed by atoms with Crippen LogP contribution in [0.15, 0.2) is 34.2 Å². The fourth-order valence-corrected chi connectivity index (χ4v) is 2.23. The van der Waals surface area contributed by atoms with Crippen LogP contribution in [0.4, 0.5) is 0 Å². The summed E-state index contributed by atoms with van der Waals surface area (Å²) in [6, 6.07) is 8.60. The van der Waals surface area contributed by atoms with Crippen LogP contribution in [0.25, 0.3) is 0 Å². The van der Waals surface area contributed by atoms with Crippen molar-refractivity contribution in [3.8, 4) is 0 Å². The van der Waals surface area contributed by atoms with Gasteiger partial charge in [0.1, 0.15) is 0 Å². The van der Waals surface area contributed by atoms with Crippen molar-refractivity contribution < 1.29 is 4.74 Å². The average molecular weight is 281 g/mol. The molecular formula is C14H23N3OS. The smallest absolute Gasteiger partial charge is 0.191 e. The van der Waals surface area contributed by atoms with E-state index in [0.29, 0.717) is 6.61 Å². The van der Waals surface area contributed by atoms with Gasteiger partial charge in [0.05, 0.1) is 6.61 Å². The zero-order valence-corrected chi connectivity index (χ0v) is 12.7. The Hall–Kier alpha value is -1.20. The molecular weight excluding hydrogens is 258 g/mol. The first-order valence-corrected chi connectivity index (χ1v) is 7.37. The normalized spacial score (nSPS) is 11.4. The van der Waals surface area contributed by atoms with E-state index < -0.39 is 0 Å². The van der Waals surface area contributed by atoms with Gasteiger partial charge in [-0.05, 0) is 19.1 Å². The first kappa shape index (κ1) is 15.9. The van der Waals surface area contributed by atoms with Gasteiger partial charge < -0.3 is 15.4 Å². The minimum atomic E-state index is 0.679. The molecule has 0 saturated carbocycles. The van der Waals surface area contributed by atoms with E-state index in [4.69, 9.17) is 4.74 Å². The number of hydrogen-bond acceptors (Lipinski definition) is 3. The number of aliphatic imine (C=N–C) groups is 1. The van der Waals surface area contributed by atoms with E-state index in [9.17, 15) is 0 Å². The van der Waals surface area contributed by atoms with Crippen molar-refractivity contribution >= 4 is 17.7 Å². The van der Waals surface area contributed by atoms with Crippen LogP contribution < -0.4 is 10.6 Å². The molecule has 1 aromatic carbocycles. The molecule has 0 aliphatic rings. The minimum absolute atomic E-state index is 0.679. The van der Waals surface area contributed by atoms with Crippen molar-refractivity contribution in [1.29, 1.82) is 0 Å². The van der Waals surface area contributed by atoms with Crippen molar-refractivity contribution in [3.05, 3.63) is 29.8 Å². The lowest BCUT2D eigenvalue weighted by Gasteiger charge is -2.11. The van der Waals surface area contributed by atoms with E-state index >= 15 is 0 Å². The van der Waals surface area contributed by atoms with Crippen LogP contribution in [0, 0.1) is 6.92 Å². The van der Waals surface area contributed by atoms with Gasteiger partial charge in [0.15, 0.2) is 5.96 Å². The van der Waals surface area contributed by atoms with E-state index in [1.807, 2.05) is 11.8 Å². The summed E-state index contributed by atoms with van der Waals surface area (Å²) in [6.07, 6.45) is 0. The number of benzene rings is 1. The SMILES string of the molecule is CN=C(NCCOC)NCCSc1ccc(C)cc1. The van der Waals surface area contributed by atoms with Gasteiger partial charge in [0, 0.05) is 37.9 Å². The summed E-state index contributed by atoms with van der Waals surface area (Å²) in [6.45, 7) is 4.43. The highest BCUT2D eigenvalue weighted by molar-refractivity contribution is 7.99. The van der Waals surface area contributed by atoms with E-state index in [1.165, 1.54) is 10.5 Å². The second-order valence-electron chi connectivity index (χ2n) is 4.08. The molecule has 0 atom stereocenters. The zero-order chi connectivity index (χ0) is 13.9. The second kappa shape index (κ2) is 9.69. The number of nitrogens with one attached hydrogen (secondary N) is 2. The number of thioether (sulfide) groups is 1. The molecule has 0 heterocycles. The maximum atomic E-state index is 4.98. The van der Waals surface area contributed by atoms with Crippen molar-refractivity contribution in [3.63, 3.8) is 0 Å². The highest BCUT2D eigenvalue weighted by Gasteiger charge is 1.97. The molecule has 0 unspecified atom stereocenters. The Kier molecular flexibility index (Phi) is 8.09. The van der Waals surface area contributed by atoms with Gasteiger partial charge in [-0.3, -0.25) is 4.99 Å². The van der Waals surface area contributed by atoms with Crippen LogP contribution in [-0.2, 0) is 4.74 Å². The second-order valence-corrected chi connectivity index (χ2v) is 5.25. The minimum Gasteiger partial charge on any atom is -0.383 e. The summed E-state index contributed by atoms with van der Waals surface area (Å²) < 4.78 is 4.98. The fourth-order valence-electron chi connectivity index (χ4n) is 1.46. The molecule has 2 N–H and O–H groups in total. The van der Waals surface area contributed by atoms with Gasteiger partial charge in [-0.15, -0.1) is 11.8 Å². The summed E-state index contributed by atoms with van der Waals surface area (Å²) >= 11 is 1.84. The highest BCUT2D eigenvalue weighted by Crippen LogP contribution is 2.17. The van der Waals surface area contributed by atoms with E-state index in [0.717, 1.165) is 24.8 Å². The van der Waals surface area contributed by atoms with Crippen LogP contribution in [0.1, 0.15) is 5.56 Å². The molecule has 0 radical (unpaired) electrons. The summed E-state index contributed by atoms with van der Waals surface area (Å²) in [5.41, 5.74) is 1.30. The highest BCUT2D eigenvalue weighted by atomic mass is 32.2. The van der Waals surface area contributed by atoms with Crippen molar-refractivity contribution in [2.45, 2.75) is 11.8 Å².